The van der Waals surface area contributed by atoms with Crippen LogP contribution in [-0.2, 0) is 13.1 Å². The minimum absolute atomic E-state index is 0.121. The third-order valence-corrected chi connectivity index (χ3v) is 4.21. The largest absolute Gasteiger partial charge is 0.478 e. The number of benzene rings is 2. The highest BCUT2D eigenvalue weighted by atomic mass is 19.1. The second-order valence-corrected chi connectivity index (χ2v) is 6.16. The summed E-state index contributed by atoms with van der Waals surface area (Å²) in [5, 5.41) is 14.2. The molecule has 130 valence electrons. The van der Waals surface area contributed by atoms with Gasteiger partial charge < -0.3 is 15.7 Å². The van der Waals surface area contributed by atoms with Gasteiger partial charge in [-0.2, -0.15) is 0 Å². The van der Waals surface area contributed by atoms with Crippen molar-refractivity contribution in [1.82, 2.24) is 10.6 Å². The standard InChI is InChI=1S/C19H19FN2O3/c20-17-8-7-15(13-5-6-13)9-16(17)11-22-19(25)21-10-12-1-3-14(4-2-12)18(23)24/h1-4,7-9,13H,5-6,10-11H2,(H,23,24)(H2,21,22,25). The lowest BCUT2D eigenvalue weighted by Crippen LogP contribution is -2.34. The van der Waals surface area contributed by atoms with Crippen molar-refractivity contribution < 1.29 is 19.1 Å². The first-order chi connectivity index (χ1) is 12.0. The summed E-state index contributed by atoms with van der Waals surface area (Å²) in [5.74, 6) is -0.788. The van der Waals surface area contributed by atoms with Crippen molar-refractivity contribution in [3.05, 3.63) is 70.5 Å². The third kappa shape index (κ3) is 4.56. The van der Waals surface area contributed by atoms with Gasteiger partial charge in [0.1, 0.15) is 5.82 Å². The van der Waals surface area contributed by atoms with Gasteiger partial charge in [-0.25, -0.2) is 14.0 Å². The molecular weight excluding hydrogens is 323 g/mol. The van der Waals surface area contributed by atoms with Crippen LogP contribution >= 0.6 is 0 Å². The first kappa shape index (κ1) is 17.0. The summed E-state index contributed by atoms with van der Waals surface area (Å²) in [6, 6.07) is 10.9. The highest BCUT2D eigenvalue weighted by Gasteiger charge is 2.24. The van der Waals surface area contributed by atoms with E-state index in [-0.39, 0.29) is 24.5 Å². The molecule has 5 nitrogen and oxygen atoms in total. The zero-order valence-corrected chi connectivity index (χ0v) is 13.6. The van der Waals surface area contributed by atoms with Crippen molar-refractivity contribution in [3.8, 4) is 0 Å². The number of carbonyl (C=O) groups is 2. The Hall–Kier alpha value is -2.89. The highest BCUT2D eigenvalue weighted by molar-refractivity contribution is 5.87. The summed E-state index contributed by atoms with van der Waals surface area (Å²) < 4.78 is 13.8. The average molecular weight is 342 g/mol. The molecule has 0 heterocycles. The molecule has 1 saturated carbocycles. The van der Waals surface area contributed by atoms with Crippen LogP contribution < -0.4 is 10.6 Å². The molecule has 6 heteroatoms. The molecule has 1 fully saturated rings. The van der Waals surface area contributed by atoms with E-state index in [2.05, 4.69) is 10.6 Å². The van der Waals surface area contributed by atoms with Gasteiger partial charge in [0.25, 0.3) is 0 Å². The van der Waals surface area contributed by atoms with Gasteiger partial charge in [-0.15, -0.1) is 0 Å². The number of nitrogens with one attached hydrogen (secondary N) is 2. The van der Waals surface area contributed by atoms with Crippen molar-refractivity contribution in [2.75, 3.05) is 0 Å². The van der Waals surface area contributed by atoms with E-state index in [9.17, 15) is 14.0 Å². The van der Waals surface area contributed by atoms with Crippen LogP contribution in [0.5, 0.6) is 0 Å². The lowest BCUT2D eigenvalue weighted by atomic mass is 10.1. The monoisotopic (exact) mass is 342 g/mol. The maximum atomic E-state index is 13.8. The molecule has 0 spiro atoms. The summed E-state index contributed by atoms with van der Waals surface area (Å²) in [6.07, 6.45) is 2.28. The molecule has 0 bridgehead atoms. The fourth-order valence-electron chi connectivity index (χ4n) is 2.59. The highest BCUT2D eigenvalue weighted by Crippen LogP contribution is 2.40. The molecule has 0 aromatic heterocycles. The lowest BCUT2D eigenvalue weighted by molar-refractivity contribution is 0.0697. The molecule has 25 heavy (non-hydrogen) atoms. The summed E-state index contributed by atoms with van der Waals surface area (Å²) in [7, 11) is 0. The Bertz CT molecular complexity index is 786. The Morgan fingerprint density at radius 2 is 1.72 bits per heavy atom. The van der Waals surface area contributed by atoms with Gasteiger partial charge >= 0.3 is 12.0 Å². The Morgan fingerprint density at radius 1 is 1.04 bits per heavy atom. The normalized spacial score (nSPS) is 13.3. The summed E-state index contributed by atoms with van der Waals surface area (Å²) >= 11 is 0. The van der Waals surface area contributed by atoms with Crippen molar-refractivity contribution in [1.29, 1.82) is 0 Å². The molecule has 0 radical (unpaired) electrons. The molecule has 1 aliphatic carbocycles. The number of halogens is 1. The van der Waals surface area contributed by atoms with Gasteiger partial charge in [-0.3, -0.25) is 0 Å². The predicted molar refractivity (Wildman–Crippen MR) is 90.9 cm³/mol. The average Bonchev–Trinajstić information content (AvgIpc) is 3.44. The minimum atomic E-state index is -0.993. The van der Waals surface area contributed by atoms with Gasteiger partial charge in [-0.1, -0.05) is 24.3 Å². The molecule has 0 saturated heterocycles. The van der Waals surface area contributed by atoms with E-state index in [4.69, 9.17) is 5.11 Å². The molecule has 2 aromatic rings. The number of aromatic carboxylic acids is 1. The lowest BCUT2D eigenvalue weighted by Gasteiger charge is -2.10. The first-order valence-corrected chi connectivity index (χ1v) is 8.15. The molecule has 1 aliphatic rings. The Morgan fingerprint density at radius 3 is 2.36 bits per heavy atom. The smallest absolute Gasteiger partial charge is 0.335 e. The molecule has 0 aliphatic heterocycles. The van der Waals surface area contributed by atoms with Crippen LogP contribution in [0, 0.1) is 5.82 Å². The summed E-state index contributed by atoms with van der Waals surface area (Å²) in [6.45, 7) is 0.381. The summed E-state index contributed by atoms with van der Waals surface area (Å²) in [5.41, 5.74) is 2.57. The molecule has 0 unspecified atom stereocenters. The van der Waals surface area contributed by atoms with Gasteiger partial charge in [0, 0.05) is 18.7 Å². The molecular formula is C19H19FN2O3. The minimum Gasteiger partial charge on any atom is -0.478 e. The van der Waals surface area contributed by atoms with Crippen molar-refractivity contribution in [3.63, 3.8) is 0 Å². The number of carboxylic acid groups (broad SMARTS) is 1. The molecule has 3 N–H and O–H groups in total. The van der Waals surface area contributed by atoms with Crippen LogP contribution in [0.4, 0.5) is 9.18 Å². The van der Waals surface area contributed by atoms with Gasteiger partial charge in [0.05, 0.1) is 5.56 Å². The van der Waals surface area contributed by atoms with E-state index in [1.807, 2.05) is 6.07 Å². The van der Waals surface area contributed by atoms with Gasteiger partial charge in [0.2, 0.25) is 0 Å². The van der Waals surface area contributed by atoms with Crippen LogP contribution in [-0.4, -0.2) is 17.1 Å². The number of carbonyl (C=O) groups excluding carboxylic acids is 1. The van der Waals surface area contributed by atoms with Crippen LogP contribution in [0.25, 0.3) is 0 Å². The SMILES string of the molecule is O=C(NCc1ccc(C(=O)O)cc1)NCc1cc(C2CC2)ccc1F. The van der Waals surface area contributed by atoms with E-state index in [0.29, 0.717) is 11.5 Å². The van der Waals surface area contributed by atoms with Crippen molar-refractivity contribution in [2.24, 2.45) is 0 Å². The Kier molecular flexibility index (Phi) is 4.97. The third-order valence-electron chi connectivity index (χ3n) is 4.21. The van der Waals surface area contributed by atoms with Crippen LogP contribution in [0.1, 0.15) is 45.8 Å². The molecule has 3 rings (SSSR count). The fraction of sp³-hybridized carbons (Fsp3) is 0.263. The Balaban J connectivity index is 1.49. The topological polar surface area (TPSA) is 78.4 Å². The maximum absolute atomic E-state index is 13.8. The fourth-order valence-corrected chi connectivity index (χ4v) is 2.59. The first-order valence-electron chi connectivity index (χ1n) is 8.15. The van der Waals surface area contributed by atoms with E-state index in [1.54, 1.807) is 18.2 Å². The number of urea groups is 1. The van der Waals surface area contributed by atoms with E-state index in [0.717, 1.165) is 24.0 Å². The van der Waals surface area contributed by atoms with Crippen LogP contribution in [0.2, 0.25) is 0 Å². The second-order valence-electron chi connectivity index (χ2n) is 6.16. The zero-order valence-electron chi connectivity index (χ0n) is 13.6. The Labute approximate surface area is 144 Å². The maximum Gasteiger partial charge on any atom is 0.335 e. The van der Waals surface area contributed by atoms with Crippen LogP contribution in [0.15, 0.2) is 42.5 Å². The molecule has 0 atom stereocenters. The van der Waals surface area contributed by atoms with E-state index >= 15 is 0 Å². The van der Waals surface area contributed by atoms with E-state index in [1.165, 1.54) is 18.2 Å². The van der Waals surface area contributed by atoms with Crippen molar-refractivity contribution in [2.45, 2.75) is 31.8 Å². The predicted octanol–water partition coefficient (Wildman–Crippen LogP) is 3.40. The quantitative estimate of drug-likeness (QED) is 0.753. The molecule has 2 aromatic carbocycles. The van der Waals surface area contributed by atoms with Crippen LogP contribution in [0.3, 0.4) is 0 Å². The van der Waals surface area contributed by atoms with E-state index < -0.39 is 12.0 Å². The summed E-state index contributed by atoms with van der Waals surface area (Å²) in [4.78, 5) is 22.7. The number of amides is 2. The zero-order chi connectivity index (χ0) is 17.8. The van der Waals surface area contributed by atoms with Gasteiger partial charge in [-0.05, 0) is 48.1 Å². The number of carboxylic acids is 1. The van der Waals surface area contributed by atoms with Gasteiger partial charge in [0.15, 0.2) is 0 Å². The number of hydrogen-bond acceptors (Lipinski definition) is 2. The number of rotatable bonds is 6. The number of hydrogen-bond donors (Lipinski definition) is 3. The van der Waals surface area contributed by atoms with Crippen molar-refractivity contribution >= 4 is 12.0 Å². The second kappa shape index (κ2) is 7.34. The molecule has 2 amide bonds.